The van der Waals surface area contributed by atoms with E-state index in [1.807, 2.05) is 36.4 Å². The van der Waals surface area contributed by atoms with Gasteiger partial charge in [0.15, 0.2) is 0 Å². The number of amides is 1. The Hall–Kier alpha value is -2.11. The van der Waals surface area contributed by atoms with Crippen molar-refractivity contribution in [1.29, 1.82) is 0 Å². The molecule has 0 bridgehead atoms. The van der Waals surface area contributed by atoms with Crippen molar-refractivity contribution in [3.05, 3.63) is 75.7 Å². The van der Waals surface area contributed by atoms with Gasteiger partial charge in [0.2, 0.25) is 0 Å². The summed E-state index contributed by atoms with van der Waals surface area (Å²) in [7, 11) is 1.73. The molecule has 0 atom stereocenters. The summed E-state index contributed by atoms with van der Waals surface area (Å²) in [5.74, 6) is 1.33. The Morgan fingerprint density at radius 2 is 1.96 bits per heavy atom. The van der Waals surface area contributed by atoms with Gasteiger partial charge in [0.1, 0.15) is 11.5 Å². The topological polar surface area (TPSA) is 46.3 Å². The number of carbonyl (C=O) groups excluding carboxylic acids is 1. The number of carbonyl (C=O) groups is 1. The summed E-state index contributed by atoms with van der Waals surface area (Å²) < 4.78 is 6.60. The lowest BCUT2D eigenvalue weighted by molar-refractivity contribution is 0.0775. The van der Waals surface area contributed by atoms with Crippen LogP contribution in [0, 0.1) is 0 Å². The van der Waals surface area contributed by atoms with E-state index in [2.05, 4.69) is 20.9 Å². The summed E-state index contributed by atoms with van der Waals surface area (Å²) in [4.78, 5) is 18.0. The number of halogens is 2. The largest absolute Gasteiger partial charge is 0.459 e. The van der Waals surface area contributed by atoms with Gasteiger partial charge in [-0.2, -0.15) is 0 Å². The molecule has 0 N–H and O–H groups in total. The number of rotatable bonds is 4. The molecule has 2 heterocycles. The van der Waals surface area contributed by atoms with Gasteiger partial charge in [-0.15, -0.1) is 0 Å². The van der Waals surface area contributed by atoms with E-state index >= 15 is 0 Å². The zero-order valence-electron chi connectivity index (χ0n) is 12.9. The molecule has 3 aromatic rings. The van der Waals surface area contributed by atoms with Crippen LogP contribution in [0.5, 0.6) is 0 Å². The van der Waals surface area contributed by atoms with Crippen molar-refractivity contribution in [3.8, 4) is 11.3 Å². The Morgan fingerprint density at radius 1 is 1.21 bits per heavy atom. The van der Waals surface area contributed by atoms with Crippen LogP contribution in [0.3, 0.4) is 0 Å². The molecule has 0 saturated heterocycles. The van der Waals surface area contributed by atoms with Crippen LogP contribution in [-0.4, -0.2) is 22.8 Å². The third-order valence-electron chi connectivity index (χ3n) is 3.48. The number of hydrogen-bond donors (Lipinski definition) is 0. The Morgan fingerprint density at radius 3 is 2.67 bits per heavy atom. The van der Waals surface area contributed by atoms with Gasteiger partial charge in [-0.1, -0.05) is 11.6 Å². The van der Waals surface area contributed by atoms with E-state index < -0.39 is 0 Å². The quantitative estimate of drug-likeness (QED) is 0.611. The molecule has 6 heteroatoms. The molecule has 1 amide bonds. The highest BCUT2D eigenvalue weighted by Gasteiger charge is 2.15. The van der Waals surface area contributed by atoms with Crippen molar-refractivity contribution in [2.24, 2.45) is 0 Å². The maximum Gasteiger partial charge on any atom is 0.255 e. The summed E-state index contributed by atoms with van der Waals surface area (Å²) in [6.07, 6.45) is 3.19. The van der Waals surface area contributed by atoms with Crippen LogP contribution in [0.2, 0.25) is 5.02 Å². The number of furan rings is 1. The summed E-state index contributed by atoms with van der Waals surface area (Å²) in [5, 5.41) is 0.679. The molecular formula is C18H14BrClN2O2. The van der Waals surface area contributed by atoms with Crippen molar-refractivity contribution >= 4 is 33.4 Å². The smallest absolute Gasteiger partial charge is 0.255 e. The van der Waals surface area contributed by atoms with E-state index in [0.29, 0.717) is 22.9 Å². The first-order valence-electron chi connectivity index (χ1n) is 7.23. The molecule has 3 rings (SSSR count). The lowest BCUT2D eigenvalue weighted by atomic mass is 10.2. The second kappa shape index (κ2) is 7.20. The normalized spacial score (nSPS) is 10.6. The van der Waals surface area contributed by atoms with Gasteiger partial charge in [0.25, 0.3) is 5.91 Å². The summed E-state index contributed by atoms with van der Waals surface area (Å²) in [5.41, 5.74) is 1.46. The summed E-state index contributed by atoms with van der Waals surface area (Å²) in [6, 6.07) is 12.9. The molecule has 0 spiro atoms. The van der Waals surface area contributed by atoms with Gasteiger partial charge < -0.3 is 9.32 Å². The first-order chi connectivity index (χ1) is 11.5. The first-order valence-corrected chi connectivity index (χ1v) is 8.41. The van der Waals surface area contributed by atoms with E-state index in [1.165, 1.54) is 0 Å². The zero-order chi connectivity index (χ0) is 17.1. The maximum atomic E-state index is 12.4. The van der Waals surface area contributed by atoms with E-state index in [9.17, 15) is 4.79 Å². The molecule has 0 aliphatic rings. The van der Waals surface area contributed by atoms with Crippen LogP contribution in [0.4, 0.5) is 0 Å². The number of aromatic nitrogens is 1. The average Bonchev–Trinajstić information content (AvgIpc) is 3.03. The Bertz CT molecular complexity index is 861. The molecule has 4 nitrogen and oxygen atoms in total. The standard InChI is InChI=1S/C18H14BrClN2O2/c1-22(18(23)13-8-14(19)10-21-9-13)11-16-6-7-17(24-16)12-2-4-15(20)5-3-12/h2-10H,11H2,1H3. The van der Waals surface area contributed by atoms with Crippen LogP contribution in [0.15, 0.2) is 63.7 Å². The number of nitrogens with zero attached hydrogens (tertiary/aromatic N) is 2. The van der Waals surface area contributed by atoms with Crippen molar-refractivity contribution in [2.45, 2.75) is 6.54 Å². The fourth-order valence-electron chi connectivity index (χ4n) is 2.29. The molecule has 0 unspecified atom stereocenters. The van der Waals surface area contributed by atoms with Crippen LogP contribution >= 0.6 is 27.5 Å². The second-order valence-corrected chi connectivity index (χ2v) is 6.68. The predicted molar refractivity (Wildman–Crippen MR) is 96.9 cm³/mol. The minimum absolute atomic E-state index is 0.117. The van der Waals surface area contributed by atoms with Crippen molar-refractivity contribution < 1.29 is 9.21 Å². The molecule has 1 aromatic carbocycles. The molecule has 0 fully saturated rings. The lowest BCUT2D eigenvalue weighted by Crippen LogP contribution is -2.26. The van der Waals surface area contributed by atoms with Crippen molar-refractivity contribution in [2.75, 3.05) is 7.05 Å². The van der Waals surface area contributed by atoms with Gasteiger partial charge >= 0.3 is 0 Å². The molecule has 122 valence electrons. The first kappa shape index (κ1) is 16.7. The molecule has 2 aromatic heterocycles. The van der Waals surface area contributed by atoms with Crippen molar-refractivity contribution in [1.82, 2.24) is 9.88 Å². The third kappa shape index (κ3) is 3.86. The highest BCUT2D eigenvalue weighted by Crippen LogP contribution is 2.24. The van der Waals surface area contributed by atoms with E-state index in [0.717, 1.165) is 15.8 Å². The van der Waals surface area contributed by atoms with E-state index in [4.69, 9.17) is 16.0 Å². The number of hydrogen-bond acceptors (Lipinski definition) is 3. The number of pyridine rings is 1. The van der Waals surface area contributed by atoms with Gasteiger partial charge in [-0.3, -0.25) is 9.78 Å². The fraction of sp³-hybridized carbons (Fsp3) is 0.111. The predicted octanol–water partition coefficient (Wildman–Crippen LogP) is 5.03. The highest BCUT2D eigenvalue weighted by molar-refractivity contribution is 9.10. The van der Waals surface area contributed by atoms with Gasteiger partial charge in [0.05, 0.1) is 12.1 Å². The van der Waals surface area contributed by atoms with Gasteiger partial charge in [0, 0.05) is 34.5 Å². The Balaban J connectivity index is 1.72. The molecule has 0 aliphatic heterocycles. The minimum atomic E-state index is -0.117. The van der Waals surface area contributed by atoms with Crippen LogP contribution in [0.1, 0.15) is 16.1 Å². The summed E-state index contributed by atoms with van der Waals surface area (Å²) >= 11 is 9.21. The molecular weight excluding hydrogens is 392 g/mol. The zero-order valence-corrected chi connectivity index (χ0v) is 15.2. The Kier molecular flexibility index (Phi) is 5.02. The monoisotopic (exact) mass is 404 g/mol. The Labute approximate surface area is 153 Å². The van der Waals surface area contributed by atoms with Crippen LogP contribution in [-0.2, 0) is 6.54 Å². The van der Waals surface area contributed by atoms with E-state index in [1.54, 1.807) is 30.4 Å². The molecule has 24 heavy (non-hydrogen) atoms. The summed E-state index contributed by atoms with van der Waals surface area (Å²) in [6.45, 7) is 0.374. The van der Waals surface area contributed by atoms with E-state index in [-0.39, 0.29) is 5.91 Å². The average molecular weight is 406 g/mol. The van der Waals surface area contributed by atoms with Crippen LogP contribution in [0.25, 0.3) is 11.3 Å². The maximum absolute atomic E-state index is 12.4. The van der Waals surface area contributed by atoms with Crippen molar-refractivity contribution in [3.63, 3.8) is 0 Å². The number of benzene rings is 1. The molecule has 0 saturated carbocycles. The third-order valence-corrected chi connectivity index (χ3v) is 4.17. The SMILES string of the molecule is CN(Cc1ccc(-c2ccc(Cl)cc2)o1)C(=O)c1cncc(Br)c1. The fourth-order valence-corrected chi connectivity index (χ4v) is 2.78. The lowest BCUT2D eigenvalue weighted by Gasteiger charge is -2.15. The minimum Gasteiger partial charge on any atom is -0.459 e. The van der Waals surface area contributed by atoms with Crippen LogP contribution < -0.4 is 0 Å². The second-order valence-electron chi connectivity index (χ2n) is 5.33. The van der Waals surface area contributed by atoms with Gasteiger partial charge in [-0.25, -0.2) is 0 Å². The van der Waals surface area contributed by atoms with Gasteiger partial charge in [-0.05, 0) is 58.4 Å². The highest BCUT2D eigenvalue weighted by atomic mass is 79.9. The molecule has 0 radical (unpaired) electrons. The molecule has 0 aliphatic carbocycles.